The third-order valence-corrected chi connectivity index (χ3v) is 3.42. The molecule has 2 unspecified atom stereocenters. The van der Waals surface area contributed by atoms with E-state index in [0.29, 0.717) is 32.0 Å². The van der Waals surface area contributed by atoms with E-state index >= 15 is 0 Å². The van der Waals surface area contributed by atoms with E-state index in [1.54, 1.807) is 0 Å². The minimum atomic E-state index is -0.334. The molecule has 0 aromatic rings. The van der Waals surface area contributed by atoms with Crippen LogP contribution in [-0.2, 0) is 14.3 Å². The van der Waals surface area contributed by atoms with E-state index < -0.39 is 0 Å². The fourth-order valence-corrected chi connectivity index (χ4v) is 2.28. The summed E-state index contributed by atoms with van der Waals surface area (Å²) in [5, 5.41) is 0. The lowest BCUT2D eigenvalue weighted by Crippen LogP contribution is -2.31. The van der Waals surface area contributed by atoms with Gasteiger partial charge in [-0.3, -0.25) is 9.59 Å². The van der Waals surface area contributed by atoms with Gasteiger partial charge in [0.15, 0.2) is 0 Å². The van der Waals surface area contributed by atoms with Crippen molar-refractivity contribution in [1.82, 2.24) is 0 Å². The van der Waals surface area contributed by atoms with E-state index in [-0.39, 0.29) is 17.5 Å². The average molecular weight is 226 g/mol. The van der Waals surface area contributed by atoms with Crippen molar-refractivity contribution in [2.24, 2.45) is 11.8 Å². The van der Waals surface area contributed by atoms with Gasteiger partial charge in [-0.2, -0.15) is 0 Å². The molecule has 0 aromatic carbocycles. The Bertz CT molecular complexity index is 248. The number of carbonyl (C=O) groups is 2. The van der Waals surface area contributed by atoms with Crippen molar-refractivity contribution in [3.05, 3.63) is 0 Å². The third kappa shape index (κ3) is 3.71. The number of hydrogen-bond acceptors (Lipinski definition) is 3. The molecule has 1 saturated carbocycles. The first-order chi connectivity index (χ1) is 7.69. The number of rotatable bonds is 6. The Morgan fingerprint density at radius 1 is 1.44 bits per heavy atom. The minimum absolute atomic E-state index is 0.0802. The first-order valence-corrected chi connectivity index (χ1v) is 6.32. The van der Waals surface area contributed by atoms with Gasteiger partial charge in [0.1, 0.15) is 11.6 Å². The summed E-state index contributed by atoms with van der Waals surface area (Å²) in [6.45, 7) is 5.12. The van der Waals surface area contributed by atoms with Crippen LogP contribution >= 0.6 is 0 Å². The molecule has 1 rings (SSSR count). The average Bonchev–Trinajstić information content (AvgIpc) is 2.30. The Morgan fingerprint density at radius 2 is 2.19 bits per heavy atom. The lowest BCUT2D eigenvalue weighted by Gasteiger charge is -2.26. The van der Waals surface area contributed by atoms with Crippen LogP contribution in [0.1, 0.15) is 46.0 Å². The third-order valence-electron chi connectivity index (χ3n) is 3.42. The topological polar surface area (TPSA) is 43.4 Å². The second-order valence-corrected chi connectivity index (χ2v) is 4.48. The van der Waals surface area contributed by atoms with Gasteiger partial charge in [-0.15, -0.1) is 0 Å². The minimum Gasteiger partial charge on any atom is -0.381 e. The van der Waals surface area contributed by atoms with Crippen molar-refractivity contribution in [3.63, 3.8) is 0 Å². The molecular formula is C13H22O3. The first-order valence-electron chi connectivity index (χ1n) is 6.32. The molecule has 0 bridgehead atoms. The molecule has 16 heavy (non-hydrogen) atoms. The molecule has 0 amide bonds. The predicted octanol–water partition coefficient (Wildman–Crippen LogP) is 2.38. The highest BCUT2D eigenvalue weighted by Gasteiger charge is 2.32. The van der Waals surface area contributed by atoms with Gasteiger partial charge in [0, 0.05) is 19.4 Å². The van der Waals surface area contributed by atoms with E-state index in [4.69, 9.17) is 4.74 Å². The first kappa shape index (κ1) is 13.4. The van der Waals surface area contributed by atoms with Crippen LogP contribution in [0.5, 0.6) is 0 Å². The summed E-state index contributed by atoms with van der Waals surface area (Å²) in [7, 11) is 0. The maximum Gasteiger partial charge on any atom is 0.145 e. The fourth-order valence-electron chi connectivity index (χ4n) is 2.28. The number of ketones is 2. The van der Waals surface area contributed by atoms with Gasteiger partial charge in [0.05, 0.1) is 12.5 Å². The van der Waals surface area contributed by atoms with Crippen LogP contribution in [0.25, 0.3) is 0 Å². The van der Waals surface area contributed by atoms with Crippen molar-refractivity contribution in [3.8, 4) is 0 Å². The van der Waals surface area contributed by atoms with Crippen molar-refractivity contribution in [1.29, 1.82) is 0 Å². The second-order valence-electron chi connectivity index (χ2n) is 4.48. The maximum absolute atomic E-state index is 11.8. The maximum atomic E-state index is 11.8. The van der Waals surface area contributed by atoms with E-state index in [1.165, 1.54) is 0 Å². The van der Waals surface area contributed by atoms with Crippen molar-refractivity contribution < 1.29 is 14.3 Å². The number of Topliss-reactive ketones (excluding diaryl/α,β-unsaturated/α-hetero) is 2. The highest BCUT2D eigenvalue weighted by molar-refractivity contribution is 6.02. The highest BCUT2D eigenvalue weighted by Crippen LogP contribution is 2.29. The lowest BCUT2D eigenvalue weighted by atomic mass is 9.77. The van der Waals surface area contributed by atoms with E-state index in [1.807, 2.05) is 6.92 Å². The molecule has 0 radical (unpaired) electrons. The Kier molecular flexibility index (Phi) is 5.67. The highest BCUT2D eigenvalue weighted by atomic mass is 16.5. The van der Waals surface area contributed by atoms with Gasteiger partial charge in [0.2, 0.25) is 0 Å². The standard InChI is InChI=1S/C13H22O3/c1-3-10-5-6-12(14)11(9-10)13(15)7-8-16-4-2/h10-11H,3-9H2,1-2H3. The Labute approximate surface area is 97.5 Å². The lowest BCUT2D eigenvalue weighted by molar-refractivity contribution is -0.136. The molecule has 0 N–H and O–H groups in total. The smallest absolute Gasteiger partial charge is 0.145 e. The van der Waals surface area contributed by atoms with Crippen molar-refractivity contribution in [2.75, 3.05) is 13.2 Å². The molecule has 3 nitrogen and oxygen atoms in total. The zero-order chi connectivity index (χ0) is 12.0. The van der Waals surface area contributed by atoms with Crippen LogP contribution < -0.4 is 0 Å². The van der Waals surface area contributed by atoms with Gasteiger partial charge >= 0.3 is 0 Å². The predicted molar refractivity (Wildman–Crippen MR) is 62.2 cm³/mol. The summed E-state index contributed by atoms with van der Waals surface area (Å²) in [4.78, 5) is 23.5. The Morgan fingerprint density at radius 3 is 2.81 bits per heavy atom. The molecular weight excluding hydrogens is 204 g/mol. The number of hydrogen-bond donors (Lipinski definition) is 0. The molecule has 0 aromatic heterocycles. The summed E-state index contributed by atoms with van der Waals surface area (Å²) < 4.78 is 5.15. The Balaban J connectivity index is 2.42. The van der Waals surface area contributed by atoms with E-state index in [9.17, 15) is 9.59 Å². The van der Waals surface area contributed by atoms with Gasteiger partial charge < -0.3 is 4.74 Å². The zero-order valence-corrected chi connectivity index (χ0v) is 10.3. The van der Waals surface area contributed by atoms with Crippen LogP contribution in [-0.4, -0.2) is 24.8 Å². The van der Waals surface area contributed by atoms with Gasteiger partial charge in [0.25, 0.3) is 0 Å². The summed E-state index contributed by atoms with van der Waals surface area (Å²) >= 11 is 0. The van der Waals surface area contributed by atoms with Crippen LogP contribution in [0.15, 0.2) is 0 Å². The van der Waals surface area contributed by atoms with Crippen LogP contribution in [0.2, 0.25) is 0 Å². The molecule has 1 fully saturated rings. The number of ether oxygens (including phenoxy) is 1. The molecule has 92 valence electrons. The van der Waals surface area contributed by atoms with Gasteiger partial charge in [-0.25, -0.2) is 0 Å². The molecule has 0 aliphatic heterocycles. The normalized spacial score (nSPS) is 25.8. The summed E-state index contributed by atoms with van der Waals surface area (Å²) in [6.07, 6.45) is 3.78. The SMILES string of the molecule is CCOCCC(=O)C1CC(CC)CCC1=O. The second kappa shape index (κ2) is 6.79. The van der Waals surface area contributed by atoms with E-state index in [2.05, 4.69) is 6.92 Å². The molecule has 1 aliphatic carbocycles. The zero-order valence-electron chi connectivity index (χ0n) is 10.3. The molecule has 0 heterocycles. The van der Waals surface area contributed by atoms with Crippen LogP contribution in [0.4, 0.5) is 0 Å². The summed E-state index contributed by atoms with van der Waals surface area (Å²) in [6, 6.07) is 0. The molecule has 2 atom stereocenters. The van der Waals surface area contributed by atoms with Gasteiger partial charge in [-0.05, 0) is 25.7 Å². The molecule has 1 aliphatic rings. The summed E-state index contributed by atoms with van der Waals surface area (Å²) in [5.41, 5.74) is 0. The number of carbonyl (C=O) groups excluding carboxylic acids is 2. The fraction of sp³-hybridized carbons (Fsp3) is 0.846. The molecule has 0 spiro atoms. The Hall–Kier alpha value is -0.700. The quantitative estimate of drug-likeness (QED) is 0.516. The van der Waals surface area contributed by atoms with Crippen LogP contribution in [0, 0.1) is 11.8 Å². The van der Waals surface area contributed by atoms with Crippen molar-refractivity contribution >= 4 is 11.6 Å². The van der Waals surface area contributed by atoms with Gasteiger partial charge in [-0.1, -0.05) is 13.3 Å². The molecule has 0 saturated heterocycles. The van der Waals surface area contributed by atoms with E-state index in [0.717, 1.165) is 19.3 Å². The van der Waals surface area contributed by atoms with Crippen molar-refractivity contribution in [2.45, 2.75) is 46.0 Å². The summed E-state index contributed by atoms with van der Waals surface area (Å²) in [5.74, 6) is 0.445. The molecule has 3 heteroatoms. The van der Waals surface area contributed by atoms with Crippen LogP contribution in [0.3, 0.4) is 0 Å². The monoisotopic (exact) mass is 226 g/mol. The largest absolute Gasteiger partial charge is 0.381 e.